The van der Waals surface area contributed by atoms with Crippen molar-refractivity contribution in [2.24, 2.45) is 0 Å². The van der Waals surface area contributed by atoms with Gasteiger partial charge in [0, 0.05) is 10.6 Å². The lowest BCUT2D eigenvalue weighted by Crippen LogP contribution is -2.12. The third kappa shape index (κ3) is 3.66. The largest absolute Gasteiger partial charge is 0.482 e. The summed E-state index contributed by atoms with van der Waals surface area (Å²) in [5, 5.41) is 0.968. The van der Waals surface area contributed by atoms with Gasteiger partial charge in [-0.15, -0.1) is 0 Å². The van der Waals surface area contributed by atoms with E-state index in [4.69, 9.17) is 39.5 Å². The summed E-state index contributed by atoms with van der Waals surface area (Å²) >= 11 is 17.8. The third-order valence-corrected chi connectivity index (χ3v) is 3.46. The van der Waals surface area contributed by atoms with Gasteiger partial charge >= 0.3 is 0 Å². The number of halogens is 3. The molecule has 2 aromatic rings. The molecule has 5 heteroatoms. The normalized spacial score (nSPS) is 10.4. The van der Waals surface area contributed by atoms with E-state index in [1.54, 1.807) is 12.1 Å². The molecule has 0 heterocycles. The van der Waals surface area contributed by atoms with Crippen LogP contribution in [0.25, 0.3) is 0 Å². The van der Waals surface area contributed by atoms with Crippen molar-refractivity contribution >= 4 is 40.6 Å². The molecule has 2 aromatic carbocycles. The maximum atomic E-state index is 12.0. The molecule has 2 nitrogen and oxygen atoms in total. The van der Waals surface area contributed by atoms with E-state index in [0.29, 0.717) is 10.6 Å². The predicted octanol–water partition coefficient (Wildman–Crippen LogP) is 5.22. The van der Waals surface area contributed by atoms with Gasteiger partial charge in [-0.3, -0.25) is 4.79 Å². The fraction of sp³-hybridized carbons (Fsp3) is 0.133. The number of ether oxygens (including phenoxy) is 1. The molecule has 0 spiro atoms. The zero-order valence-electron chi connectivity index (χ0n) is 10.6. The minimum atomic E-state index is -0.146. The Morgan fingerprint density at radius 1 is 1.05 bits per heavy atom. The summed E-state index contributed by atoms with van der Waals surface area (Å²) in [5.74, 6) is 0.116. The second kappa shape index (κ2) is 6.49. The maximum absolute atomic E-state index is 12.0. The second-order valence-corrected chi connectivity index (χ2v) is 5.53. The predicted molar refractivity (Wildman–Crippen MR) is 82.5 cm³/mol. The number of carbonyl (C=O) groups excluding carboxylic acids is 1. The maximum Gasteiger partial charge on any atom is 0.200 e. The Labute approximate surface area is 132 Å². The summed E-state index contributed by atoms with van der Waals surface area (Å²) in [7, 11) is 0. The fourth-order valence-electron chi connectivity index (χ4n) is 1.63. The molecule has 0 radical (unpaired) electrons. The van der Waals surface area contributed by atoms with Gasteiger partial charge in [-0.05, 0) is 19.1 Å². The molecule has 0 aliphatic heterocycles. The summed E-state index contributed by atoms with van der Waals surface area (Å²) in [6.45, 7) is 1.82. The van der Waals surface area contributed by atoms with E-state index in [0.717, 1.165) is 5.56 Å². The molecule has 0 aliphatic rings. The summed E-state index contributed by atoms with van der Waals surface area (Å²) in [5.41, 5.74) is 1.67. The Balaban J connectivity index is 2.09. The van der Waals surface area contributed by atoms with Gasteiger partial charge in [0.1, 0.15) is 0 Å². The van der Waals surface area contributed by atoms with Crippen molar-refractivity contribution in [2.45, 2.75) is 6.92 Å². The minimum Gasteiger partial charge on any atom is -0.482 e. The first-order valence-electron chi connectivity index (χ1n) is 5.84. The Morgan fingerprint density at radius 3 is 2.15 bits per heavy atom. The van der Waals surface area contributed by atoms with Crippen molar-refractivity contribution in [3.8, 4) is 5.75 Å². The van der Waals surface area contributed by atoms with Crippen molar-refractivity contribution in [3.05, 3.63) is 62.6 Å². The van der Waals surface area contributed by atoms with Gasteiger partial charge in [0.05, 0.1) is 10.0 Å². The highest BCUT2D eigenvalue weighted by Gasteiger charge is 2.12. The SMILES string of the molecule is Cc1ccc(C(=O)COc2c(Cl)cc(Cl)cc2Cl)cc1. The monoisotopic (exact) mass is 328 g/mol. The number of ketones is 1. The highest BCUT2D eigenvalue weighted by molar-refractivity contribution is 6.40. The third-order valence-electron chi connectivity index (χ3n) is 2.68. The average Bonchev–Trinajstić information content (AvgIpc) is 2.38. The number of hydrogen-bond acceptors (Lipinski definition) is 2. The molecule has 2 rings (SSSR count). The standard InChI is InChI=1S/C15H11Cl3O2/c1-9-2-4-10(5-3-9)14(19)8-20-15-12(17)6-11(16)7-13(15)18/h2-7H,8H2,1H3. The van der Waals surface area contributed by atoms with Gasteiger partial charge in [-0.25, -0.2) is 0 Å². The van der Waals surface area contributed by atoms with Gasteiger partial charge in [-0.1, -0.05) is 64.6 Å². The molecule has 0 saturated carbocycles. The fourth-order valence-corrected chi connectivity index (χ4v) is 2.55. The lowest BCUT2D eigenvalue weighted by Gasteiger charge is -2.10. The van der Waals surface area contributed by atoms with Crippen LogP contribution in [-0.2, 0) is 0 Å². The highest BCUT2D eigenvalue weighted by Crippen LogP contribution is 2.35. The molecule has 0 N–H and O–H groups in total. The molecule has 0 amide bonds. The van der Waals surface area contributed by atoms with Gasteiger partial charge in [0.25, 0.3) is 0 Å². The van der Waals surface area contributed by atoms with Crippen LogP contribution in [0.2, 0.25) is 15.1 Å². The van der Waals surface area contributed by atoms with Crippen LogP contribution >= 0.6 is 34.8 Å². The van der Waals surface area contributed by atoms with Crippen LogP contribution in [0.15, 0.2) is 36.4 Å². The molecule has 20 heavy (non-hydrogen) atoms. The summed E-state index contributed by atoms with van der Waals surface area (Å²) in [6, 6.07) is 10.3. The molecule has 0 atom stereocenters. The van der Waals surface area contributed by atoms with E-state index in [-0.39, 0.29) is 28.2 Å². The second-order valence-electron chi connectivity index (χ2n) is 4.28. The summed E-state index contributed by atoms with van der Waals surface area (Å²) in [6.07, 6.45) is 0. The van der Waals surface area contributed by atoms with Crippen LogP contribution in [0.1, 0.15) is 15.9 Å². The smallest absolute Gasteiger partial charge is 0.200 e. The lowest BCUT2D eigenvalue weighted by molar-refractivity contribution is 0.0922. The van der Waals surface area contributed by atoms with Crippen molar-refractivity contribution < 1.29 is 9.53 Å². The molecule has 0 fully saturated rings. The van der Waals surface area contributed by atoms with Gasteiger partial charge < -0.3 is 4.74 Å². The average molecular weight is 330 g/mol. The Bertz CT molecular complexity index is 613. The number of carbonyl (C=O) groups is 1. The highest BCUT2D eigenvalue weighted by atomic mass is 35.5. The zero-order chi connectivity index (χ0) is 14.7. The van der Waals surface area contributed by atoms with Crippen molar-refractivity contribution in [1.29, 1.82) is 0 Å². The lowest BCUT2D eigenvalue weighted by atomic mass is 10.1. The Kier molecular flexibility index (Phi) is 4.92. The van der Waals surface area contributed by atoms with Crippen LogP contribution in [0.4, 0.5) is 0 Å². The molecular formula is C15H11Cl3O2. The first-order chi connectivity index (χ1) is 9.47. The Hall–Kier alpha value is -1.22. The van der Waals surface area contributed by atoms with Gasteiger partial charge in [0.2, 0.25) is 0 Å². The minimum absolute atomic E-state index is 0.135. The van der Waals surface area contributed by atoms with E-state index in [9.17, 15) is 4.79 Å². The summed E-state index contributed by atoms with van der Waals surface area (Å²) in [4.78, 5) is 12.0. The van der Waals surface area contributed by atoms with Crippen molar-refractivity contribution in [3.63, 3.8) is 0 Å². The first kappa shape index (κ1) is 15.2. The molecule has 0 aromatic heterocycles. The summed E-state index contributed by atoms with van der Waals surface area (Å²) < 4.78 is 5.40. The number of hydrogen-bond donors (Lipinski definition) is 0. The zero-order valence-corrected chi connectivity index (χ0v) is 12.9. The van der Waals surface area contributed by atoms with Crippen LogP contribution in [0, 0.1) is 6.92 Å². The molecule has 104 valence electrons. The van der Waals surface area contributed by atoms with Crippen molar-refractivity contribution in [1.82, 2.24) is 0 Å². The van der Waals surface area contributed by atoms with Crippen LogP contribution in [-0.4, -0.2) is 12.4 Å². The molecule has 0 unspecified atom stereocenters. The van der Waals surface area contributed by atoms with E-state index in [1.807, 2.05) is 19.1 Å². The van der Waals surface area contributed by atoms with Crippen LogP contribution in [0.3, 0.4) is 0 Å². The van der Waals surface area contributed by atoms with Crippen molar-refractivity contribution in [2.75, 3.05) is 6.61 Å². The first-order valence-corrected chi connectivity index (χ1v) is 6.98. The molecular weight excluding hydrogens is 319 g/mol. The Morgan fingerprint density at radius 2 is 1.60 bits per heavy atom. The van der Waals surface area contributed by atoms with E-state index < -0.39 is 0 Å². The molecule has 0 aliphatic carbocycles. The van der Waals surface area contributed by atoms with E-state index >= 15 is 0 Å². The number of aryl methyl sites for hydroxylation is 1. The topological polar surface area (TPSA) is 26.3 Å². The van der Waals surface area contributed by atoms with Crippen LogP contribution in [0.5, 0.6) is 5.75 Å². The number of rotatable bonds is 4. The molecule has 0 bridgehead atoms. The quantitative estimate of drug-likeness (QED) is 0.719. The van der Waals surface area contributed by atoms with Crippen LogP contribution < -0.4 is 4.74 Å². The van der Waals surface area contributed by atoms with E-state index in [2.05, 4.69) is 0 Å². The number of Topliss-reactive ketones (excluding diaryl/α,β-unsaturated/α-hetero) is 1. The van der Waals surface area contributed by atoms with E-state index in [1.165, 1.54) is 12.1 Å². The molecule has 0 saturated heterocycles. The van der Waals surface area contributed by atoms with Gasteiger partial charge in [0.15, 0.2) is 18.1 Å². The number of benzene rings is 2. The van der Waals surface area contributed by atoms with Gasteiger partial charge in [-0.2, -0.15) is 0 Å².